The maximum absolute atomic E-state index is 11.3. The molecule has 12 aromatic rings. The lowest BCUT2D eigenvalue weighted by molar-refractivity contribution is 0.669. The number of benzene rings is 8. The fourth-order valence-electron chi connectivity index (χ4n) is 9.39. The molecule has 4 heterocycles. The molecule has 0 aliphatic carbocycles. The Morgan fingerprint density at radius 2 is 0.947 bits per heavy atom. The number of aromatic nitrogens is 2. The highest BCUT2D eigenvalue weighted by molar-refractivity contribution is 6.26. The average molecular weight is 729 g/mol. The van der Waals surface area contributed by atoms with Gasteiger partial charge in [0.2, 0.25) is 0 Å². The van der Waals surface area contributed by atoms with Gasteiger partial charge in [-0.1, -0.05) is 84.9 Å². The summed E-state index contributed by atoms with van der Waals surface area (Å²) in [7, 11) is 0. The van der Waals surface area contributed by atoms with Gasteiger partial charge in [-0.3, -0.25) is 0 Å². The molecule has 0 bridgehead atoms. The van der Waals surface area contributed by atoms with E-state index in [2.05, 4.69) is 100 Å². The quantitative estimate of drug-likeness (QED) is 0.181. The van der Waals surface area contributed by atoms with E-state index in [0.29, 0.717) is 16.8 Å². The van der Waals surface area contributed by atoms with Crippen molar-refractivity contribution in [3.63, 3.8) is 0 Å². The van der Waals surface area contributed by atoms with Crippen LogP contribution in [0.15, 0.2) is 160 Å². The molecule has 12 rings (SSSR count). The van der Waals surface area contributed by atoms with Crippen molar-refractivity contribution in [2.75, 3.05) is 0 Å². The van der Waals surface area contributed by atoms with Crippen LogP contribution in [0.4, 0.5) is 0 Å². The minimum Gasteiger partial charge on any atom is -0.456 e. The first kappa shape index (κ1) is 31.3. The topological polar surface area (TPSA) is 83.7 Å². The molecule has 6 heteroatoms. The third kappa shape index (κ3) is 4.16. The number of hydrogen-bond acceptors (Lipinski definition) is 4. The highest BCUT2D eigenvalue weighted by Gasteiger charge is 2.26. The molecule has 57 heavy (non-hydrogen) atoms. The minimum absolute atomic E-state index is 0.489. The van der Waals surface area contributed by atoms with Crippen LogP contribution < -0.4 is 0 Å². The van der Waals surface area contributed by atoms with Crippen LogP contribution in [-0.2, 0) is 0 Å². The molecule has 0 saturated carbocycles. The molecule has 0 aliphatic heterocycles. The number of para-hydroxylation sites is 4. The number of nitriles is 2. The van der Waals surface area contributed by atoms with Gasteiger partial charge >= 0.3 is 0 Å². The second-order valence-electron chi connectivity index (χ2n) is 14.7. The molecule has 0 amide bonds. The normalized spacial score (nSPS) is 11.9. The van der Waals surface area contributed by atoms with Crippen LogP contribution in [0, 0.1) is 29.6 Å². The van der Waals surface area contributed by atoms with Gasteiger partial charge in [0.05, 0.1) is 61.4 Å². The van der Waals surface area contributed by atoms with Crippen molar-refractivity contribution in [3.8, 4) is 34.6 Å². The van der Waals surface area contributed by atoms with E-state index in [1.807, 2.05) is 79.7 Å². The zero-order valence-electron chi connectivity index (χ0n) is 30.5. The molecule has 0 radical (unpaired) electrons. The van der Waals surface area contributed by atoms with Gasteiger partial charge in [0.25, 0.3) is 0 Å². The summed E-state index contributed by atoms with van der Waals surface area (Å²) >= 11 is 0. The zero-order valence-corrected chi connectivity index (χ0v) is 30.5. The van der Waals surface area contributed by atoms with Gasteiger partial charge in [0.1, 0.15) is 28.4 Å². The maximum atomic E-state index is 11.3. The van der Waals surface area contributed by atoms with Gasteiger partial charge in [-0.15, -0.1) is 0 Å². The van der Waals surface area contributed by atoms with Crippen LogP contribution >= 0.6 is 0 Å². The van der Waals surface area contributed by atoms with Crippen LogP contribution in [0.5, 0.6) is 0 Å². The number of aryl methyl sites for hydroxylation is 1. The summed E-state index contributed by atoms with van der Waals surface area (Å²) in [4.78, 5) is 0. The summed E-state index contributed by atoms with van der Waals surface area (Å²) in [6, 6.07) is 56.4. The van der Waals surface area contributed by atoms with Crippen molar-refractivity contribution in [1.29, 1.82) is 10.5 Å². The molecular weight excluding hydrogens is 701 g/mol. The molecular formula is C51H28N4O2. The number of furan rings is 2. The Hall–Kier alpha value is -8.06. The largest absolute Gasteiger partial charge is 0.456 e. The standard InChI is InChI=1S/C51H28N4O2/c1-29-11-10-12-30(27-52)47(29)38-26-41(54-39-17-6-2-13-32(39)34-21-23-45-48(50(34)54)36-15-4-8-19-43(36)56-45)31(28-53)25-42(38)55-40-18-7-3-14-33(40)35-22-24-46-49(51(35)55)37-16-5-9-20-44(37)57-46/h2-26H,1H3. The van der Waals surface area contributed by atoms with E-state index in [1.54, 1.807) is 0 Å². The summed E-state index contributed by atoms with van der Waals surface area (Å²) in [6.45, 7) is 2.05. The van der Waals surface area contributed by atoms with Gasteiger partial charge in [-0.2, -0.15) is 10.5 Å². The van der Waals surface area contributed by atoms with Gasteiger partial charge in [-0.05, 0) is 79.2 Å². The van der Waals surface area contributed by atoms with Crippen molar-refractivity contribution < 1.29 is 8.83 Å². The molecule has 0 unspecified atom stereocenters. The third-order valence-corrected chi connectivity index (χ3v) is 11.7. The Morgan fingerprint density at radius 1 is 0.439 bits per heavy atom. The second-order valence-corrected chi connectivity index (χ2v) is 14.7. The predicted octanol–water partition coefficient (Wildman–Crippen LogP) is 13.4. The van der Waals surface area contributed by atoms with Crippen molar-refractivity contribution in [1.82, 2.24) is 9.13 Å². The lowest BCUT2D eigenvalue weighted by atomic mass is 9.92. The highest BCUT2D eigenvalue weighted by Crippen LogP contribution is 2.46. The Balaban J connectivity index is 1.30. The average Bonchev–Trinajstić information content (AvgIpc) is 4.00. The molecule has 8 aromatic carbocycles. The monoisotopic (exact) mass is 728 g/mol. The van der Waals surface area contributed by atoms with Gasteiger partial charge in [0, 0.05) is 43.4 Å². The van der Waals surface area contributed by atoms with Gasteiger partial charge in [-0.25, -0.2) is 0 Å². The van der Waals surface area contributed by atoms with E-state index < -0.39 is 0 Å². The smallest absolute Gasteiger partial charge is 0.137 e. The first-order chi connectivity index (χ1) is 28.1. The van der Waals surface area contributed by atoms with Crippen molar-refractivity contribution in [2.45, 2.75) is 6.92 Å². The molecule has 4 aromatic heterocycles. The van der Waals surface area contributed by atoms with E-state index in [-0.39, 0.29) is 0 Å². The Kier molecular flexibility index (Phi) is 6.30. The van der Waals surface area contributed by atoms with E-state index >= 15 is 0 Å². The molecule has 0 N–H and O–H groups in total. The number of nitrogens with zero attached hydrogens (tertiary/aromatic N) is 4. The number of fused-ring (bicyclic) bond motifs is 14. The van der Waals surface area contributed by atoms with Crippen LogP contribution in [0.2, 0.25) is 0 Å². The Labute approximate surface area is 324 Å². The number of hydrogen-bond donors (Lipinski definition) is 0. The maximum Gasteiger partial charge on any atom is 0.137 e. The lowest BCUT2D eigenvalue weighted by Gasteiger charge is -2.20. The van der Waals surface area contributed by atoms with E-state index in [0.717, 1.165) is 110 Å². The van der Waals surface area contributed by atoms with E-state index in [4.69, 9.17) is 8.83 Å². The summed E-state index contributed by atoms with van der Waals surface area (Å²) in [6.07, 6.45) is 0. The van der Waals surface area contributed by atoms with E-state index in [9.17, 15) is 10.5 Å². The van der Waals surface area contributed by atoms with Gasteiger partial charge in [0.15, 0.2) is 0 Å². The molecule has 0 atom stereocenters. The fourth-order valence-corrected chi connectivity index (χ4v) is 9.39. The zero-order chi connectivity index (χ0) is 37.9. The van der Waals surface area contributed by atoms with Crippen LogP contribution in [0.3, 0.4) is 0 Å². The lowest BCUT2D eigenvalue weighted by Crippen LogP contribution is -2.05. The number of rotatable bonds is 3. The first-order valence-electron chi connectivity index (χ1n) is 18.9. The summed E-state index contributed by atoms with van der Waals surface area (Å²) in [5, 5.41) is 30.3. The molecule has 0 fully saturated rings. The SMILES string of the molecule is Cc1cccc(C#N)c1-c1cc(-n2c3ccccc3c3ccc4oc5ccccc5c4c32)c(C#N)cc1-n1c2ccccc2c2ccc3oc4ccccc4c3c21. The van der Waals surface area contributed by atoms with Crippen LogP contribution in [-0.4, -0.2) is 9.13 Å². The summed E-state index contributed by atoms with van der Waals surface area (Å²) in [5.41, 5.74) is 12.2. The van der Waals surface area contributed by atoms with Crippen molar-refractivity contribution in [2.24, 2.45) is 0 Å². The van der Waals surface area contributed by atoms with E-state index in [1.165, 1.54) is 0 Å². The molecule has 0 spiro atoms. The fraction of sp³-hybridized carbons (Fsp3) is 0.0196. The van der Waals surface area contributed by atoms with Crippen LogP contribution in [0.1, 0.15) is 16.7 Å². The van der Waals surface area contributed by atoms with Gasteiger partial charge < -0.3 is 18.0 Å². The Morgan fingerprint density at radius 3 is 1.51 bits per heavy atom. The summed E-state index contributed by atoms with van der Waals surface area (Å²) < 4.78 is 17.4. The van der Waals surface area contributed by atoms with Crippen molar-refractivity contribution >= 4 is 87.5 Å². The third-order valence-electron chi connectivity index (χ3n) is 11.7. The predicted molar refractivity (Wildman–Crippen MR) is 229 cm³/mol. The summed E-state index contributed by atoms with van der Waals surface area (Å²) in [5.74, 6) is 0. The first-order valence-corrected chi connectivity index (χ1v) is 18.9. The molecule has 6 nitrogen and oxygen atoms in total. The molecule has 0 aliphatic rings. The Bertz CT molecular complexity index is 3800. The molecule has 264 valence electrons. The second kappa shape index (κ2) is 11.5. The highest BCUT2D eigenvalue weighted by atomic mass is 16.3. The van der Waals surface area contributed by atoms with Crippen LogP contribution in [0.25, 0.3) is 110 Å². The minimum atomic E-state index is 0.489. The van der Waals surface area contributed by atoms with Crippen molar-refractivity contribution in [3.05, 3.63) is 168 Å². The molecule has 0 saturated heterocycles.